The minimum absolute atomic E-state index is 0.0511. The molecule has 2 amide bonds. The Morgan fingerprint density at radius 2 is 2.00 bits per heavy atom. The fraction of sp³-hybridized carbons (Fsp3) is 0.778. The lowest BCUT2D eigenvalue weighted by Crippen LogP contribution is -2.55. The first-order valence-corrected chi connectivity index (χ1v) is 9.45. The molecule has 2 N–H and O–H groups in total. The number of alkyl carbamates (subject to hydrolysis) is 1. The van der Waals surface area contributed by atoms with Crippen molar-refractivity contribution in [2.24, 2.45) is 11.8 Å². The predicted octanol–water partition coefficient (Wildman–Crippen LogP) is 0.517. The van der Waals surface area contributed by atoms with Crippen LogP contribution in [-0.2, 0) is 23.7 Å². The Balaban J connectivity index is 1.48. The zero-order valence-electron chi connectivity index (χ0n) is 16.1. The third-order valence-electron chi connectivity index (χ3n) is 5.93. The summed E-state index contributed by atoms with van der Waals surface area (Å²) < 4.78 is 22.5. The molecule has 9 heteroatoms. The van der Waals surface area contributed by atoms with Crippen LogP contribution in [-0.4, -0.2) is 67.3 Å². The molecule has 1 saturated carbocycles. The van der Waals surface area contributed by atoms with Crippen LogP contribution >= 0.6 is 0 Å². The number of carbonyl (C=O) groups is 2. The van der Waals surface area contributed by atoms with Gasteiger partial charge in [-0.3, -0.25) is 10.2 Å². The number of epoxide rings is 1. The third-order valence-corrected chi connectivity index (χ3v) is 5.93. The van der Waals surface area contributed by atoms with Gasteiger partial charge in [0.2, 0.25) is 0 Å². The minimum Gasteiger partial charge on any atom is -0.461 e. The van der Waals surface area contributed by atoms with Crippen molar-refractivity contribution in [3.8, 4) is 0 Å². The van der Waals surface area contributed by atoms with Crippen molar-refractivity contribution in [1.29, 1.82) is 0 Å². The van der Waals surface area contributed by atoms with Crippen molar-refractivity contribution < 1.29 is 28.5 Å². The second kappa shape index (κ2) is 6.65. The van der Waals surface area contributed by atoms with E-state index < -0.39 is 18.0 Å². The molecule has 0 spiro atoms. The average molecular weight is 381 g/mol. The van der Waals surface area contributed by atoms with E-state index in [4.69, 9.17) is 18.9 Å². The molecule has 4 aliphatic rings. The summed E-state index contributed by atoms with van der Waals surface area (Å²) in [5.41, 5.74) is 3.12. The minimum atomic E-state index is -0.771. The third kappa shape index (κ3) is 3.28. The van der Waals surface area contributed by atoms with Crippen LogP contribution in [0.4, 0.5) is 4.79 Å². The molecule has 27 heavy (non-hydrogen) atoms. The van der Waals surface area contributed by atoms with E-state index in [1.54, 1.807) is 0 Å². The molecule has 2 unspecified atom stereocenters. The summed E-state index contributed by atoms with van der Waals surface area (Å²) >= 11 is 0. The Morgan fingerprint density at radius 3 is 2.67 bits per heavy atom. The number of fused-ring (bicyclic) bond motifs is 3. The zero-order chi connectivity index (χ0) is 19.3. The summed E-state index contributed by atoms with van der Waals surface area (Å²) in [7, 11) is 1.49. The standard InChI is InChI=1S/C18H27N3O6/c1-9-6-21(7-10(2)25-9)20-15(22)12-8-24-16(26-17(23)19-4)14-11(12)5-13-18(14,3)27-13/h8-11,13-14,16H,5-7H2,1-4H3,(H,19,23)(H,20,22)/t9?,10?,11-,13+,14+,16+,18+/m1/s1. The van der Waals surface area contributed by atoms with Gasteiger partial charge < -0.3 is 24.3 Å². The van der Waals surface area contributed by atoms with Gasteiger partial charge in [-0.2, -0.15) is 0 Å². The molecule has 0 aromatic rings. The molecule has 0 radical (unpaired) electrons. The van der Waals surface area contributed by atoms with Crippen LogP contribution in [0, 0.1) is 11.8 Å². The van der Waals surface area contributed by atoms with Crippen LogP contribution in [0.3, 0.4) is 0 Å². The number of hydrogen-bond donors (Lipinski definition) is 2. The lowest BCUT2D eigenvalue weighted by molar-refractivity contribution is -0.145. The number of amides is 2. The Labute approximate surface area is 158 Å². The Morgan fingerprint density at radius 1 is 1.30 bits per heavy atom. The highest BCUT2D eigenvalue weighted by atomic mass is 16.7. The maximum Gasteiger partial charge on any atom is 0.409 e. The normalized spacial score (nSPS) is 42.9. The first-order chi connectivity index (χ1) is 12.8. The highest BCUT2D eigenvalue weighted by Gasteiger charge is 2.70. The van der Waals surface area contributed by atoms with E-state index in [-0.39, 0.29) is 36.1 Å². The van der Waals surface area contributed by atoms with Crippen molar-refractivity contribution in [3.05, 3.63) is 11.8 Å². The summed E-state index contributed by atoms with van der Waals surface area (Å²) in [5, 5.41) is 4.32. The number of carbonyl (C=O) groups excluding carboxylic acids is 2. The number of nitrogens with zero attached hydrogens (tertiary/aromatic N) is 1. The van der Waals surface area contributed by atoms with Gasteiger partial charge in [-0.05, 0) is 27.2 Å². The molecule has 0 aromatic carbocycles. The second-order valence-corrected chi connectivity index (χ2v) is 7.99. The van der Waals surface area contributed by atoms with Gasteiger partial charge >= 0.3 is 6.09 Å². The summed E-state index contributed by atoms with van der Waals surface area (Å²) in [4.78, 5) is 24.6. The van der Waals surface area contributed by atoms with Gasteiger partial charge in [0.15, 0.2) is 0 Å². The number of nitrogens with one attached hydrogen (secondary N) is 2. The zero-order valence-corrected chi connectivity index (χ0v) is 16.1. The Hall–Kier alpha value is -1.84. The number of hydrogen-bond acceptors (Lipinski definition) is 7. The van der Waals surface area contributed by atoms with Crippen LogP contribution in [0.1, 0.15) is 27.2 Å². The molecular weight excluding hydrogens is 354 g/mol. The first kappa shape index (κ1) is 18.5. The van der Waals surface area contributed by atoms with Crippen LogP contribution in [0.5, 0.6) is 0 Å². The maximum atomic E-state index is 12.9. The van der Waals surface area contributed by atoms with Gasteiger partial charge in [-0.15, -0.1) is 0 Å². The first-order valence-electron chi connectivity index (χ1n) is 9.45. The molecule has 7 atom stereocenters. The van der Waals surface area contributed by atoms with Gasteiger partial charge in [0.25, 0.3) is 12.2 Å². The second-order valence-electron chi connectivity index (χ2n) is 7.99. The van der Waals surface area contributed by atoms with E-state index in [1.807, 2.05) is 25.8 Å². The topological polar surface area (TPSA) is 102 Å². The fourth-order valence-corrected chi connectivity index (χ4v) is 4.68. The molecule has 3 heterocycles. The molecule has 0 bridgehead atoms. The molecule has 0 aromatic heterocycles. The van der Waals surface area contributed by atoms with Gasteiger partial charge in [-0.1, -0.05) is 0 Å². The van der Waals surface area contributed by atoms with Crippen molar-refractivity contribution in [2.45, 2.75) is 57.4 Å². The highest BCUT2D eigenvalue weighted by molar-refractivity contribution is 5.93. The quantitative estimate of drug-likeness (QED) is 0.687. The van der Waals surface area contributed by atoms with Crippen molar-refractivity contribution in [3.63, 3.8) is 0 Å². The van der Waals surface area contributed by atoms with Gasteiger partial charge in [-0.25, -0.2) is 9.80 Å². The van der Waals surface area contributed by atoms with Crippen molar-refractivity contribution in [2.75, 3.05) is 20.1 Å². The van der Waals surface area contributed by atoms with E-state index in [1.165, 1.54) is 13.3 Å². The Kier molecular flexibility index (Phi) is 4.56. The van der Waals surface area contributed by atoms with Crippen molar-refractivity contribution >= 4 is 12.0 Å². The highest BCUT2D eigenvalue weighted by Crippen LogP contribution is 2.60. The van der Waals surface area contributed by atoms with Crippen LogP contribution in [0.2, 0.25) is 0 Å². The summed E-state index contributed by atoms with van der Waals surface area (Å²) in [6.07, 6.45) is 0.977. The predicted molar refractivity (Wildman–Crippen MR) is 93.1 cm³/mol. The van der Waals surface area contributed by atoms with E-state index >= 15 is 0 Å². The number of ether oxygens (including phenoxy) is 4. The molecule has 2 saturated heterocycles. The van der Waals surface area contributed by atoms with Gasteiger partial charge in [0.1, 0.15) is 5.60 Å². The summed E-state index contributed by atoms with van der Waals surface area (Å²) in [6.45, 7) is 7.21. The molecule has 1 aliphatic carbocycles. The van der Waals surface area contributed by atoms with Gasteiger partial charge in [0.05, 0.1) is 36.1 Å². The van der Waals surface area contributed by atoms with Crippen LogP contribution in [0.15, 0.2) is 11.8 Å². The molecular formula is C18H27N3O6. The molecule has 4 rings (SSSR count). The monoisotopic (exact) mass is 381 g/mol. The fourth-order valence-electron chi connectivity index (χ4n) is 4.68. The number of morpholine rings is 1. The van der Waals surface area contributed by atoms with Crippen LogP contribution < -0.4 is 10.7 Å². The van der Waals surface area contributed by atoms with Crippen LogP contribution in [0.25, 0.3) is 0 Å². The maximum absolute atomic E-state index is 12.9. The molecule has 150 valence electrons. The lowest BCUT2D eigenvalue weighted by atomic mass is 9.82. The van der Waals surface area contributed by atoms with E-state index in [0.717, 1.165) is 0 Å². The molecule has 3 aliphatic heterocycles. The molecule has 3 fully saturated rings. The summed E-state index contributed by atoms with van der Waals surface area (Å²) in [6, 6.07) is 0. The van der Waals surface area contributed by atoms with Crippen molar-refractivity contribution in [1.82, 2.24) is 15.8 Å². The smallest absolute Gasteiger partial charge is 0.409 e. The summed E-state index contributed by atoms with van der Waals surface area (Å²) in [5.74, 6) is -0.476. The van der Waals surface area contributed by atoms with E-state index in [0.29, 0.717) is 25.1 Å². The largest absolute Gasteiger partial charge is 0.461 e. The lowest BCUT2D eigenvalue weighted by Gasteiger charge is -2.38. The Bertz CT molecular complexity index is 659. The SMILES string of the molecule is CNC(=O)O[C@@H]1OC=C(C(=O)NN2CC(C)OC(C)C2)[C@H]2C[C@@H]3O[C@]3(C)[C@H]12. The average Bonchev–Trinajstić information content (AvgIpc) is 3.14. The molecule has 9 nitrogen and oxygen atoms in total. The number of hydrazine groups is 1. The van der Waals surface area contributed by atoms with E-state index in [2.05, 4.69) is 10.7 Å². The van der Waals surface area contributed by atoms with Gasteiger partial charge in [0, 0.05) is 26.1 Å². The number of rotatable bonds is 3. The van der Waals surface area contributed by atoms with E-state index in [9.17, 15) is 9.59 Å².